The van der Waals surface area contributed by atoms with Gasteiger partial charge in [0.25, 0.3) is 0 Å². The average molecular weight is 148 g/mol. The first kappa shape index (κ1) is 4.86. The van der Waals surface area contributed by atoms with Crippen molar-refractivity contribution in [1.82, 2.24) is 0 Å². The molecule has 0 aromatic rings. The van der Waals surface area contributed by atoms with Crippen molar-refractivity contribution >= 4 is 0 Å². The maximum Gasteiger partial charge on any atom is 0.0608 e. The molecule has 58 valence electrons. The molecule has 0 amide bonds. The normalized spacial score (nSPS) is 96.5. The number of rotatable bonds is 0. The molecule has 1 N–H and O–H groups in total. The van der Waals surface area contributed by atoms with Crippen molar-refractivity contribution in [3.05, 3.63) is 0 Å². The summed E-state index contributed by atoms with van der Waals surface area (Å²) in [6.45, 7) is 2.48. The smallest absolute Gasteiger partial charge is 0.0608 e. The molecule has 0 spiro atoms. The molecule has 0 aromatic carbocycles. The molecule has 11 heavy (non-hydrogen) atoms. The fourth-order valence-electron chi connectivity index (χ4n) is 6.44. The summed E-state index contributed by atoms with van der Waals surface area (Å²) >= 11 is 0. The topological polar surface area (TPSA) is 20.2 Å². The second kappa shape index (κ2) is 0.891. The fraction of sp³-hybridized carbons (Fsp3) is 1.00. The highest BCUT2D eigenvalue weighted by molar-refractivity contribution is 5.44. The van der Waals surface area contributed by atoms with Crippen LogP contribution in [-0.2, 0) is 0 Å². The summed E-state index contributed by atoms with van der Waals surface area (Å²) in [5, 5.41) is 9.86. The van der Waals surface area contributed by atoms with Crippen LogP contribution in [0.3, 0.4) is 0 Å². The molecule has 1 nitrogen and oxygen atoms in total. The van der Waals surface area contributed by atoms with Crippen LogP contribution in [0.25, 0.3) is 0 Å². The van der Waals surface area contributed by atoms with E-state index in [2.05, 4.69) is 6.92 Å². The Hall–Kier alpha value is -0.0400. The van der Waals surface area contributed by atoms with E-state index in [0.717, 1.165) is 46.8 Å². The highest BCUT2D eigenvalue weighted by atomic mass is 16.3. The van der Waals surface area contributed by atoms with Crippen LogP contribution in [0.4, 0.5) is 0 Å². The molecule has 6 fully saturated rings. The summed E-state index contributed by atoms with van der Waals surface area (Å²) < 4.78 is 0. The molecule has 6 aliphatic carbocycles. The molecular weight excluding hydrogens is 136 g/mol. The van der Waals surface area contributed by atoms with Crippen molar-refractivity contribution in [3.8, 4) is 0 Å². The monoisotopic (exact) mass is 148 g/mol. The molecule has 6 rings (SSSR count). The van der Waals surface area contributed by atoms with E-state index in [9.17, 15) is 5.11 Å². The first-order valence-corrected chi connectivity index (χ1v) is 4.96. The minimum Gasteiger partial charge on any atom is -0.393 e. The highest BCUT2D eigenvalue weighted by Gasteiger charge is 2.98. The predicted molar refractivity (Wildman–Crippen MR) is 38.5 cm³/mol. The van der Waals surface area contributed by atoms with Gasteiger partial charge in [-0.05, 0) is 46.8 Å². The van der Waals surface area contributed by atoms with Crippen LogP contribution in [0, 0.1) is 46.8 Å². The van der Waals surface area contributed by atoms with Crippen LogP contribution >= 0.6 is 0 Å². The van der Waals surface area contributed by atoms with Crippen molar-refractivity contribution in [2.24, 2.45) is 46.8 Å². The van der Waals surface area contributed by atoms with E-state index in [1.807, 2.05) is 0 Å². The lowest BCUT2D eigenvalue weighted by Crippen LogP contribution is -2.87. The number of hydrogen-bond donors (Lipinski definition) is 1. The second-order valence-electron chi connectivity index (χ2n) is 5.74. The number of aliphatic hydroxyl groups excluding tert-OH is 1. The van der Waals surface area contributed by atoms with Crippen molar-refractivity contribution < 1.29 is 5.11 Å². The molecule has 4 unspecified atom stereocenters. The Morgan fingerprint density at radius 3 is 1.91 bits per heavy atom. The molecule has 0 heterocycles. The molecule has 0 aromatic heterocycles. The van der Waals surface area contributed by atoms with Crippen LogP contribution in [0.2, 0.25) is 0 Å². The van der Waals surface area contributed by atoms with E-state index in [1.165, 1.54) is 0 Å². The summed E-state index contributed by atoms with van der Waals surface area (Å²) in [5.74, 6) is 6.66. The van der Waals surface area contributed by atoms with Crippen LogP contribution < -0.4 is 0 Å². The SMILES string of the molecule is CC12C3[C@H]4C5[C@H](O)C([C@H]41)[C@@H]2[C@@H]53. The lowest BCUT2D eigenvalue weighted by Gasteiger charge is -2.90. The Kier molecular flexibility index (Phi) is 0.393. The third-order valence-corrected chi connectivity index (χ3v) is 6.32. The lowest BCUT2D eigenvalue weighted by molar-refractivity contribution is -0.440. The van der Waals surface area contributed by atoms with Gasteiger partial charge in [0.1, 0.15) is 0 Å². The summed E-state index contributed by atoms with van der Waals surface area (Å²) in [5.41, 5.74) is 0.772. The lowest BCUT2D eigenvalue weighted by atomic mass is 9.14. The van der Waals surface area contributed by atoms with Gasteiger partial charge >= 0.3 is 0 Å². The van der Waals surface area contributed by atoms with Gasteiger partial charge in [0, 0.05) is 0 Å². The number of hydrogen-bond acceptors (Lipinski definition) is 1. The molecule has 6 saturated carbocycles. The Morgan fingerprint density at radius 1 is 0.909 bits per heavy atom. The van der Waals surface area contributed by atoms with Crippen molar-refractivity contribution in [2.75, 3.05) is 0 Å². The standard InChI is InChI=1S/C10H12O/c1-10-6-3-2-4(6)8(10)5(7(3)10)9(2)11/h2-9,11H,1H3/t2?,3-,4+,5?,6?,7-,8-,9-,10?/m0/s1. The van der Waals surface area contributed by atoms with E-state index in [1.54, 1.807) is 0 Å². The third-order valence-electron chi connectivity index (χ3n) is 6.32. The van der Waals surface area contributed by atoms with Crippen LogP contribution in [-0.4, -0.2) is 11.2 Å². The van der Waals surface area contributed by atoms with E-state index < -0.39 is 0 Å². The van der Waals surface area contributed by atoms with Gasteiger partial charge in [-0.1, -0.05) is 6.92 Å². The molecule has 1 heteroatoms. The van der Waals surface area contributed by atoms with Crippen LogP contribution in [0.15, 0.2) is 0 Å². The zero-order valence-corrected chi connectivity index (χ0v) is 6.57. The first-order valence-electron chi connectivity index (χ1n) is 4.96. The van der Waals surface area contributed by atoms with Crippen molar-refractivity contribution in [2.45, 2.75) is 13.0 Å². The molecule has 6 aliphatic rings. The van der Waals surface area contributed by atoms with Gasteiger partial charge < -0.3 is 5.11 Å². The van der Waals surface area contributed by atoms with Gasteiger partial charge in [0.2, 0.25) is 0 Å². The Morgan fingerprint density at radius 2 is 1.45 bits per heavy atom. The van der Waals surface area contributed by atoms with Gasteiger partial charge in [-0.15, -0.1) is 0 Å². The van der Waals surface area contributed by atoms with Gasteiger partial charge in [-0.3, -0.25) is 0 Å². The average Bonchev–Trinajstić information content (AvgIpc) is 2.16. The third kappa shape index (κ3) is 0.188. The predicted octanol–water partition coefficient (Wildman–Crippen LogP) is 0.735. The molecule has 0 radical (unpaired) electrons. The first-order chi connectivity index (χ1) is 5.28. The summed E-state index contributed by atoms with van der Waals surface area (Å²) in [7, 11) is 0. The molecule has 0 aliphatic heterocycles. The molecule has 2 bridgehead atoms. The maximum atomic E-state index is 9.86. The van der Waals surface area contributed by atoms with Gasteiger partial charge in [0.15, 0.2) is 0 Å². The van der Waals surface area contributed by atoms with Crippen molar-refractivity contribution in [1.29, 1.82) is 0 Å². The van der Waals surface area contributed by atoms with Gasteiger partial charge in [-0.2, -0.15) is 0 Å². The highest BCUT2D eigenvalue weighted by Crippen LogP contribution is 2.99. The van der Waals surface area contributed by atoms with Crippen LogP contribution in [0.1, 0.15) is 6.92 Å². The van der Waals surface area contributed by atoms with E-state index in [4.69, 9.17) is 0 Å². The second-order valence-corrected chi connectivity index (χ2v) is 5.74. The van der Waals surface area contributed by atoms with E-state index >= 15 is 0 Å². The van der Waals surface area contributed by atoms with Crippen LogP contribution in [0.5, 0.6) is 0 Å². The minimum absolute atomic E-state index is 0.145. The Labute approximate surface area is 65.8 Å². The Balaban J connectivity index is 1.84. The van der Waals surface area contributed by atoms with Gasteiger partial charge in [-0.25, -0.2) is 0 Å². The summed E-state index contributed by atoms with van der Waals surface area (Å²) in [4.78, 5) is 0. The van der Waals surface area contributed by atoms with Crippen molar-refractivity contribution in [3.63, 3.8) is 0 Å². The quantitative estimate of drug-likeness (QED) is 0.537. The molecule has 0 saturated heterocycles. The van der Waals surface area contributed by atoms with E-state index in [-0.39, 0.29) is 6.10 Å². The summed E-state index contributed by atoms with van der Waals surface area (Å²) in [6, 6.07) is 0. The largest absolute Gasteiger partial charge is 0.393 e. The minimum atomic E-state index is 0.145. The zero-order chi connectivity index (χ0) is 7.12. The Bertz CT molecular complexity index is 277. The van der Waals surface area contributed by atoms with Gasteiger partial charge in [0.05, 0.1) is 6.10 Å². The zero-order valence-electron chi connectivity index (χ0n) is 6.57. The maximum absolute atomic E-state index is 9.86. The number of aliphatic hydroxyl groups is 1. The molecular formula is C10H12O. The molecule has 9 atom stereocenters. The summed E-state index contributed by atoms with van der Waals surface area (Å²) in [6.07, 6.45) is 0.145. The fourth-order valence-corrected chi connectivity index (χ4v) is 6.44. The van der Waals surface area contributed by atoms with E-state index in [0.29, 0.717) is 0 Å².